The Morgan fingerprint density at radius 1 is 0.960 bits per heavy atom. The van der Waals surface area contributed by atoms with Gasteiger partial charge in [0.15, 0.2) is 0 Å². The van der Waals surface area contributed by atoms with E-state index in [1.54, 1.807) is 38.1 Å². The minimum absolute atomic E-state index is 0.0107. The number of hydrogen-bond acceptors (Lipinski definition) is 4. The van der Waals surface area contributed by atoms with Crippen LogP contribution < -0.4 is 5.14 Å². The summed E-state index contributed by atoms with van der Waals surface area (Å²) in [6.45, 7) is 5.34. The lowest BCUT2D eigenvalue weighted by Crippen LogP contribution is -2.30. The van der Waals surface area contributed by atoms with Crippen molar-refractivity contribution in [1.82, 2.24) is 4.31 Å². The van der Waals surface area contributed by atoms with E-state index in [1.807, 2.05) is 13.0 Å². The summed E-state index contributed by atoms with van der Waals surface area (Å²) in [6.07, 6.45) is 0. The molecular formula is C17H22N2O4S2. The van der Waals surface area contributed by atoms with Gasteiger partial charge in [0, 0.05) is 13.1 Å². The first-order chi connectivity index (χ1) is 11.4. The van der Waals surface area contributed by atoms with Crippen molar-refractivity contribution in [2.24, 2.45) is 5.14 Å². The highest BCUT2D eigenvalue weighted by Gasteiger charge is 2.28. The molecule has 0 aliphatic rings. The molecule has 0 aliphatic heterocycles. The highest BCUT2D eigenvalue weighted by Crippen LogP contribution is 2.28. The molecule has 0 aromatic heterocycles. The van der Waals surface area contributed by atoms with Crippen molar-refractivity contribution < 1.29 is 16.8 Å². The molecule has 0 fully saturated rings. The van der Waals surface area contributed by atoms with Crippen LogP contribution in [0.5, 0.6) is 0 Å². The largest absolute Gasteiger partial charge is 0.243 e. The van der Waals surface area contributed by atoms with Gasteiger partial charge in [0.2, 0.25) is 20.0 Å². The first-order valence-electron chi connectivity index (χ1n) is 7.62. The maximum Gasteiger partial charge on any atom is 0.243 e. The molecule has 0 amide bonds. The van der Waals surface area contributed by atoms with Gasteiger partial charge in [0.05, 0.1) is 9.79 Å². The van der Waals surface area contributed by atoms with Crippen molar-refractivity contribution in [3.8, 4) is 0 Å². The lowest BCUT2D eigenvalue weighted by atomic mass is 10.1. The lowest BCUT2D eigenvalue weighted by Gasteiger charge is -2.25. The summed E-state index contributed by atoms with van der Waals surface area (Å²) in [5, 5.41) is 5.08. The minimum Gasteiger partial charge on any atom is -0.225 e. The van der Waals surface area contributed by atoms with Crippen molar-refractivity contribution in [2.45, 2.75) is 36.6 Å². The second-order valence-corrected chi connectivity index (χ2v) is 9.61. The number of nitrogens with zero attached hydrogens (tertiary/aromatic N) is 1. The molecule has 0 spiro atoms. The van der Waals surface area contributed by atoms with Crippen LogP contribution in [0, 0.1) is 13.8 Å². The van der Waals surface area contributed by atoms with Gasteiger partial charge < -0.3 is 0 Å². The third kappa shape index (κ3) is 4.09. The molecule has 2 aromatic carbocycles. The Morgan fingerprint density at radius 2 is 1.52 bits per heavy atom. The van der Waals surface area contributed by atoms with E-state index in [-0.39, 0.29) is 9.79 Å². The summed E-state index contributed by atoms with van der Waals surface area (Å²) >= 11 is 0. The molecule has 136 valence electrons. The molecule has 25 heavy (non-hydrogen) atoms. The standard InChI is InChI=1S/C17H22N2O4S2/c1-12-5-6-13(2)17(11-12)25(22,23)19(4)14(3)15-7-9-16(10-8-15)24(18,20)21/h5-11,14H,1-4H3,(H2,18,20,21)/t14-/m0/s1. The second-order valence-electron chi connectivity index (χ2n) is 6.08. The molecule has 2 aromatic rings. The molecule has 2 rings (SSSR count). The second kappa shape index (κ2) is 6.87. The van der Waals surface area contributed by atoms with E-state index >= 15 is 0 Å². The molecule has 8 heteroatoms. The Hall–Kier alpha value is -1.74. The molecular weight excluding hydrogens is 360 g/mol. The summed E-state index contributed by atoms with van der Waals surface area (Å²) in [7, 11) is -5.96. The van der Waals surface area contributed by atoms with Gasteiger partial charge >= 0.3 is 0 Å². The van der Waals surface area contributed by atoms with E-state index in [0.717, 1.165) is 5.56 Å². The number of aryl methyl sites for hydroxylation is 2. The van der Waals surface area contributed by atoms with Gasteiger partial charge in [-0.05, 0) is 55.7 Å². The van der Waals surface area contributed by atoms with Crippen LogP contribution in [-0.4, -0.2) is 28.2 Å². The van der Waals surface area contributed by atoms with Crippen LogP contribution in [0.4, 0.5) is 0 Å². The van der Waals surface area contributed by atoms with Gasteiger partial charge in [-0.1, -0.05) is 24.3 Å². The Kier molecular flexibility index (Phi) is 5.38. The maximum absolute atomic E-state index is 13.0. The predicted octanol–water partition coefficient (Wildman–Crippen LogP) is 2.33. The van der Waals surface area contributed by atoms with Crippen molar-refractivity contribution in [1.29, 1.82) is 0 Å². The Morgan fingerprint density at radius 3 is 2.04 bits per heavy atom. The van der Waals surface area contributed by atoms with Gasteiger partial charge in [0.25, 0.3) is 0 Å². The van der Waals surface area contributed by atoms with Crippen molar-refractivity contribution in [3.63, 3.8) is 0 Å². The minimum atomic E-state index is -3.78. The molecule has 0 saturated heterocycles. The molecule has 0 bridgehead atoms. The highest BCUT2D eigenvalue weighted by molar-refractivity contribution is 7.89. The summed E-state index contributed by atoms with van der Waals surface area (Å²) in [5.74, 6) is 0. The van der Waals surface area contributed by atoms with Crippen molar-refractivity contribution >= 4 is 20.0 Å². The number of primary sulfonamides is 1. The van der Waals surface area contributed by atoms with Gasteiger partial charge in [-0.15, -0.1) is 0 Å². The van der Waals surface area contributed by atoms with E-state index in [0.29, 0.717) is 11.1 Å². The first kappa shape index (κ1) is 19.6. The Balaban J connectivity index is 2.38. The highest BCUT2D eigenvalue weighted by atomic mass is 32.2. The van der Waals surface area contributed by atoms with Crippen LogP contribution in [0.3, 0.4) is 0 Å². The van der Waals surface area contributed by atoms with Crippen LogP contribution >= 0.6 is 0 Å². The van der Waals surface area contributed by atoms with E-state index in [2.05, 4.69) is 0 Å². The average molecular weight is 383 g/mol. The van der Waals surface area contributed by atoms with Gasteiger partial charge in [0.1, 0.15) is 0 Å². The van der Waals surface area contributed by atoms with E-state index in [4.69, 9.17) is 5.14 Å². The Bertz CT molecular complexity index is 982. The zero-order valence-corrected chi connectivity index (χ0v) is 16.2. The zero-order valence-electron chi connectivity index (χ0n) is 14.6. The fourth-order valence-electron chi connectivity index (χ4n) is 2.49. The van der Waals surface area contributed by atoms with Crippen LogP contribution in [0.2, 0.25) is 0 Å². The quantitative estimate of drug-likeness (QED) is 0.858. The molecule has 0 heterocycles. The summed E-state index contributed by atoms with van der Waals surface area (Å²) < 4.78 is 49.9. The molecule has 0 aliphatic carbocycles. The number of benzene rings is 2. The molecule has 0 unspecified atom stereocenters. The van der Waals surface area contributed by atoms with Gasteiger partial charge in [-0.25, -0.2) is 22.0 Å². The van der Waals surface area contributed by atoms with Crippen LogP contribution in [0.1, 0.15) is 29.7 Å². The predicted molar refractivity (Wildman–Crippen MR) is 97.1 cm³/mol. The normalized spacial score (nSPS) is 13.8. The average Bonchev–Trinajstić information content (AvgIpc) is 2.54. The number of rotatable bonds is 5. The Labute approximate surface area is 149 Å². The van der Waals surface area contributed by atoms with Crippen LogP contribution in [0.25, 0.3) is 0 Å². The number of hydrogen-bond donors (Lipinski definition) is 1. The third-order valence-corrected chi connectivity index (χ3v) is 7.24. The fourth-order valence-corrected chi connectivity index (χ4v) is 4.67. The van der Waals surface area contributed by atoms with Gasteiger partial charge in [-0.2, -0.15) is 4.31 Å². The number of nitrogens with two attached hydrogens (primary N) is 1. The van der Waals surface area contributed by atoms with Crippen LogP contribution in [0.15, 0.2) is 52.3 Å². The number of sulfonamides is 2. The summed E-state index contributed by atoms with van der Waals surface area (Å²) in [4.78, 5) is 0.256. The maximum atomic E-state index is 13.0. The van der Waals surface area contributed by atoms with E-state index in [1.165, 1.54) is 23.5 Å². The molecule has 2 N–H and O–H groups in total. The topological polar surface area (TPSA) is 97.5 Å². The van der Waals surface area contributed by atoms with Crippen LogP contribution in [-0.2, 0) is 20.0 Å². The SMILES string of the molecule is Cc1ccc(C)c(S(=O)(=O)N(C)[C@@H](C)c2ccc(S(N)(=O)=O)cc2)c1. The summed E-state index contributed by atoms with van der Waals surface area (Å²) in [6, 6.07) is 10.7. The summed E-state index contributed by atoms with van der Waals surface area (Å²) in [5.41, 5.74) is 2.21. The molecule has 0 radical (unpaired) electrons. The van der Waals surface area contributed by atoms with E-state index < -0.39 is 26.1 Å². The monoisotopic (exact) mass is 382 g/mol. The molecule has 1 atom stereocenters. The third-order valence-electron chi connectivity index (χ3n) is 4.24. The van der Waals surface area contributed by atoms with Crippen molar-refractivity contribution in [2.75, 3.05) is 7.05 Å². The van der Waals surface area contributed by atoms with Crippen molar-refractivity contribution in [3.05, 3.63) is 59.2 Å². The molecule has 0 saturated carbocycles. The van der Waals surface area contributed by atoms with E-state index in [9.17, 15) is 16.8 Å². The van der Waals surface area contributed by atoms with Gasteiger partial charge in [-0.3, -0.25) is 0 Å². The zero-order chi connectivity index (χ0) is 19.0. The molecule has 6 nitrogen and oxygen atoms in total. The first-order valence-corrected chi connectivity index (χ1v) is 10.6. The fraction of sp³-hybridized carbons (Fsp3) is 0.294. The smallest absolute Gasteiger partial charge is 0.225 e. The lowest BCUT2D eigenvalue weighted by molar-refractivity contribution is 0.398.